The van der Waals surface area contributed by atoms with Crippen molar-refractivity contribution in [2.24, 2.45) is 5.41 Å². The Balaban J connectivity index is 2.33. The van der Waals surface area contributed by atoms with Gasteiger partial charge in [0.25, 0.3) is 0 Å². The summed E-state index contributed by atoms with van der Waals surface area (Å²) < 4.78 is 6.63. The van der Waals surface area contributed by atoms with E-state index in [1.54, 1.807) is 6.08 Å². The Labute approximate surface area is 149 Å². The fourth-order valence-electron chi connectivity index (χ4n) is 3.36. The van der Waals surface area contributed by atoms with Crippen LogP contribution in [0, 0.1) is 5.41 Å². The van der Waals surface area contributed by atoms with E-state index in [0.717, 1.165) is 24.8 Å². The number of carbonyl (C=O) groups excluding carboxylic acids is 1. The molecule has 0 radical (unpaired) electrons. The van der Waals surface area contributed by atoms with Gasteiger partial charge in [0.2, 0.25) is 0 Å². The minimum absolute atomic E-state index is 0.00984. The van der Waals surface area contributed by atoms with Gasteiger partial charge in [-0.1, -0.05) is 51.0 Å². The zero-order chi connectivity index (χ0) is 18.3. The van der Waals surface area contributed by atoms with Gasteiger partial charge in [-0.15, -0.1) is 0 Å². The topological polar surface area (TPSA) is 26.3 Å². The summed E-state index contributed by atoms with van der Waals surface area (Å²) in [5, 5.41) is 0.162. The normalized spacial score (nSPS) is 27.5. The van der Waals surface area contributed by atoms with E-state index in [1.807, 2.05) is 0 Å². The number of hydrogen-bond acceptors (Lipinski definition) is 2. The Morgan fingerprint density at radius 1 is 1.38 bits per heavy atom. The number of carbonyl (C=O) groups is 1. The summed E-state index contributed by atoms with van der Waals surface area (Å²) in [6, 6.07) is 0. The molecule has 0 amide bonds. The molecule has 2 nitrogen and oxygen atoms in total. The van der Waals surface area contributed by atoms with E-state index in [2.05, 4.69) is 66.8 Å². The van der Waals surface area contributed by atoms with Crippen LogP contribution in [-0.2, 0) is 9.22 Å². The van der Waals surface area contributed by atoms with Crippen LogP contribution < -0.4 is 0 Å². The maximum atomic E-state index is 12.6. The minimum Gasteiger partial charge on any atom is -0.410 e. The predicted octanol–water partition coefficient (Wildman–Crippen LogP) is 5.97. The lowest BCUT2D eigenvalue weighted by Crippen LogP contribution is -2.44. The Kier molecular flexibility index (Phi) is 5.18. The summed E-state index contributed by atoms with van der Waals surface area (Å²) in [6.45, 7) is 17.8. The zero-order valence-electron chi connectivity index (χ0n) is 16.7. The molecule has 2 atom stereocenters. The molecule has 0 unspecified atom stereocenters. The van der Waals surface area contributed by atoms with E-state index in [-0.39, 0.29) is 22.3 Å². The molecule has 2 rings (SSSR count). The Bertz CT molecular complexity index is 612. The quantitative estimate of drug-likeness (QED) is 0.463. The molecule has 0 N–H and O–H groups in total. The van der Waals surface area contributed by atoms with Gasteiger partial charge in [-0.05, 0) is 57.3 Å². The first-order valence-electron chi connectivity index (χ1n) is 9.16. The summed E-state index contributed by atoms with van der Waals surface area (Å²) >= 11 is 0. The number of ketones is 1. The predicted molar refractivity (Wildman–Crippen MR) is 105 cm³/mol. The van der Waals surface area contributed by atoms with Crippen molar-refractivity contribution in [3.63, 3.8) is 0 Å². The lowest BCUT2D eigenvalue weighted by Gasteiger charge is -2.39. The number of rotatable bonds is 4. The average Bonchev–Trinajstić information content (AvgIpc) is 2.85. The van der Waals surface area contributed by atoms with Crippen LogP contribution >= 0.6 is 0 Å². The largest absolute Gasteiger partial charge is 0.410 e. The third-order valence-electron chi connectivity index (χ3n) is 6.04. The van der Waals surface area contributed by atoms with Crippen LogP contribution in [0.1, 0.15) is 60.8 Å². The summed E-state index contributed by atoms with van der Waals surface area (Å²) in [5.41, 5.74) is 3.57. The van der Waals surface area contributed by atoms with Crippen LogP contribution in [-0.4, -0.2) is 20.2 Å². The molecule has 0 bridgehead atoms. The summed E-state index contributed by atoms with van der Waals surface area (Å²) in [7, 11) is -1.88. The van der Waals surface area contributed by atoms with Gasteiger partial charge in [-0.25, -0.2) is 0 Å². The van der Waals surface area contributed by atoms with Crippen molar-refractivity contribution in [1.29, 1.82) is 0 Å². The van der Waals surface area contributed by atoms with Crippen molar-refractivity contribution in [3.8, 4) is 0 Å². The summed E-state index contributed by atoms with van der Waals surface area (Å²) in [4.78, 5) is 12.6. The van der Waals surface area contributed by atoms with Gasteiger partial charge in [0.15, 0.2) is 14.1 Å². The first-order valence-corrected chi connectivity index (χ1v) is 12.1. The minimum atomic E-state index is -1.88. The van der Waals surface area contributed by atoms with Crippen molar-refractivity contribution in [2.75, 3.05) is 0 Å². The zero-order valence-corrected chi connectivity index (χ0v) is 17.7. The molecule has 134 valence electrons. The van der Waals surface area contributed by atoms with E-state index in [9.17, 15) is 4.79 Å². The van der Waals surface area contributed by atoms with Gasteiger partial charge in [-0.3, -0.25) is 4.79 Å². The fraction of sp³-hybridized carbons (Fsp3) is 0.667. The number of allylic oxidation sites excluding steroid dienone is 5. The average molecular weight is 347 g/mol. The Hall–Kier alpha value is -0.933. The van der Waals surface area contributed by atoms with E-state index in [1.165, 1.54) is 11.1 Å². The van der Waals surface area contributed by atoms with E-state index in [4.69, 9.17) is 4.43 Å². The highest BCUT2D eigenvalue weighted by molar-refractivity contribution is 6.74. The van der Waals surface area contributed by atoms with Crippen LogP contribution in [0.2, 0.25) is 18.1 Å². The van der Waals surface area contributed by atoms with Crippen LogP contribution in [0.4, 0.5) is 0 Å². The summed E-state index contributed by atoms with van der Waals surface area (Å²) in [5.74, 6) is 0.167. The second kappa shape index (κ2) is 6.42. The molecule has 0 spiro atoms. The smallest absolute Gasteiger partial charge is 0.192 e. The Morgan fingerprint density at radius 3 is 2.54 bits per heavy atom. The summed E-state index contributed by atoms with van der Waals surface area (Å²) in [6.07, 6.45) is 9.07. The standard InChI is InChI=1S/C21H34O2Si/c1-15(2)11-13-21(6)14-12-17(22)19-16(21)9-10-18(19)23-24(7,8)20(3,4)5/h11-12,14,18H,9-10,13H2,1-8H3/t18-,21-/m1/s1. The van der Waals surface area contributed by atoms with E-state index >= 15 is 0 Å². The highest BCUT2D eigenvalue weighted by Gasteiger charge is 2.45. The molecule has 0 aromatic carbocycles. The molecule has 0 saturated carbocycles. The van der Waals surface area contributed by atoms with Gasteiger partial charge in [-0.2, -0.15) is 0 Å². The van der Waals surface area contributed by atoms with Crippen molar-refractivity contribution in [1.82, 2.24) is 0 Å². The Morgan fingerprint density at radius 2 is 2.00 bits per heavy atom. The van der Waals surface area contributed by atoms with Crippen LogP contribution in [0.3, 0.4) is 0 Å². The van der Waals surface area contributed by atoms with Gasteiger partial charge in [0.1, 0.15) is 0 Å². The van der Waals surface area contributed by atoms with Crippen molar-refractivity contribution < 1.29 is 9.22 Å². The lowest BCUT2D eigenvalue weighted by atomic mass is 9.73. The first kappa shape index (κ1) is 19.4. The van der Waals surface area contributed by atoms with Gasteiger partial charge >= 0.3 is 0 Å². The van der Waals surface area contributed by atoms with Gasteiger partial charge in [0, 0.05) is 11.0 Å². The maximum Gasteiger partial charge on any atom is 0.192 e. The maximum absolute atomic E-state index is 12.6. The highest BCUT2D eigenvalue weighted by atomic mass is 28.4. The third-order valence-corrected chi connectivity index (χ3v) is 10.5. The first-order chi connectivity index (χ1) is 10.9. The molecule has 2 aliphatic carbocycles. The monoisotopic (exact) mass is 346 g/mol. The van der Waals surface area contributed by atoms with Crippen molar-refractivity contribution >= 4 is 14.1 Å². The third kappa shape index (κ3) is 3.67. The molecule has 3 heteroatoms. The van der Waals surface area contributed by atoms with Gasteiger partial charge < -0.3 is 4.43 Å². The molecule has 0 fully saturated rings. The number of hydrogen-bond donors (Lipinski definition) is 0. The second-order valence-corrected chi connectivity index (χ2v) is 14.2. The van der Waals surface area contributed by atoms with Crippen LogP contribution in [0.15, 0.2) is 34.9 Å². The second-order valence-electron chi connectivity index (χ2n) is 9.40. The van der Waals surface area contributed by atoms with Gasteiger partial charge in [0.05, 0.1) is 6.10 Å². The van der Waals surface area contributed by atoms with Crippen molar-refractivity contribution in [3.05, 3.63) is 34.9 Å². The lowest BCUT2D eigenvalue weighted by molar-refractivity contribution is -0.112. The molecule has 0 heterocycles. The van der Waals surface area contributed by atoms with E-state index < -0.39 is 8.32 Å². The highest BCUT2D eigenvalue weighted by Crippen LogP contribution is 2.48. The molecular weight excluding hydrogens is 312 g/mol. The molecule has 0 aromatic rings. The molecule has 0 aromatic heterocycles. The fourth-order valence-corrected chi connectivity index (χ4v) is 4.66. The molecule has 2 aliphatic rings. The molecular formula is C21H34O2Si. The van der Waals surface area contributed by atoms with Crippen LogP contribution in [0.25, 0.3) is 0 Å². The molecule has 0 aliphatic heterocycles. The van der Waals surface area contributed by atoms with E-state index in [0.29, 0.717) is 0 Å². The SMILES string of the molecule is CC(C)=CC[C@]1(C)C=CC(=O)C2=C1CC[C@H]2O[Si](C)(C)C(C)(C)C. The van der Waals surface area contributed by atoms with Crippen molar-refractivity contribution in [2.45, 2.75) is 85.0 Å². The van der Waals surface area contributed by atoms with Crippen LogP contribution in [0.5, 0.6) is 0 Å². The molecule has 24 heavy (non-hydrogen) atoms. The molecule has 0 saturated heterocycles.